The maximum atomic E-state index is 8.12. The van der Waals surface area contributed by atoms with Crippen LogP contribution in [-0.2, 0) is 19.2 Å². The summed E-state index contributed by atoms with van der Waals surface area (Å²) in [7, 11) is 0. The Balaban J connectivity index is -0.000000430. The summed E-state index contributed by atoms with van der Waals surface area (Å²) in [4.78, 5) is 40.9. The first-order valence-corrected chi connectivity index (χ1v) is 10.3. The zero-order chi connectivity index (χ0) is 23.4. The predicted molar refractivity (Wildman–Crippen MR) is 126 cm³/mol. The molecule has 170 valence electrons. The number of carbonyl (C=O) groups excluding carboxylic acids is 4. The molecule has 2 aromatic carbocycles. The first-order valence-electron chi connectivity index (χ1n) is 8.58. The van der Waals surface area contributed by atoms with Crippen LogP contribution in [0.1, 0.15) is 16.0 Å². The minimum atomic E-state index is 0. The number of thiophene rings is 2. The van der Waals surface area contributed by atoms with Crippen LogP contribution < -0.4 is 18.9 Å². The molecule has 0 aliphatic carbocycles. The Morgan fingerprint density at radius 2 is 1.21 bits per heavy atom. The Morgan fingerprint density at radius 3 is 1.68 bits per heavy atom. The van der Waals surface area contributed by atoms with E-state index in [0.717, 1.165) is 31.9 Å². The van der Waals surface area contributed by atoms with E-state index in [1.807, 2.05) is 37.4 Å². The molecule has 0 bridgehead atoms. The summed E-state index contributed by atoms with van der Waals surface area (Å²) in [5.41, 5.74) is 3.77. The largest absolute Gasteiger partial charge is 1.00 e. The normalized spacial score (nSPS) is 7.91. The zero-order valence-corrected chi connectivity index (χ0v) is 20.5. The molecule has 0 amide bonds. The molecule has 4 aromatic rings. The first kappa shape index (κ1) is 35.2. The van der Waals surface area contributed by atoms with Crippen molar-refractivity contribution in [3.05, 3.63) is 80.6 Å². The molecule has 0 saturated heterocycles. The van der Waals surface area contributed by atoms with Crippen molar-refractivity contribution < 1.29 is 49.0 Å². The molecule has 2 heterocycles. The average molecular weight is 490 g/mol. The Labute approximate surface area is 216 Å². The number of rotatable bonds is 0. The summed E-state index contributed by atoms with van der Waals surface area (Å²) < 4.78 is 2.25. The molecule has 2 aromatic heterocycles. The van der Waals surface area contributed by atoms with E-state index >= 15 is 0 Å². The Hall–Kier alpha value is -3.38. The molecule has 0 radical (unpaired) electrons. The van der Waals surface area contributed by atoms with Crippen molar-refractivity contribution >= 4 is 66.5 Å². The van der Waals surface area contributed by atoms with Crippen LogP contribution in [0.25, 0.3) is 29.9 Å². The summed E-state index contributed by atoms with van der Waals surface area (Å²) in [6, 6.07) is 12.4. The van der Waals surface area contributed by atoms with E-state index in [2.05, 4.69) is 34.8 Å². The number of hydrogen-bond donors (Lipinski definition) is 0. The van der Waals surface area contributed by atoms with Crippen molar-refractivity contribution in [1.82, 2.24) is 0 Å². The van der Waals surface area contributed by atoms with E-state index in [0.29, 0.717) is 0 Å². The van der Waals surface area contributed by atoms with Crippen molar-refractivity contribution in [2.24, 2.45) is 0 Å². The summed E-state index contributed by atoms with van der Waals surface area (Å²) >= 11 is 3.34. The molecule has 0 unspecified atom stereocenters. The van der Waals surface area contributed by atoms with Crippen LogP contribution in [0.5, 0.6) is 0 Å². The molecule has 3 N–H and O–H groups in total. The fourth-order valence-corrected chi connectivity index (χ4v) is 4.71. The molecule has 0 aliphatic rings. The number of nitrogens with zero attached hydrogens (tertiary/aromatic N) is 2. The van der Waals surface area contributed by atoms with Gasteiger partial charge in [0.15, 0.2) is 0 Å². The SMILES string of the molecule is O.O=C=O.O=C=O.[C-]#[N+]c1c(C)ccc2cc(C)sc12.[C-]#[N+]c1c(C)ccc2ccsc12.[Li+].[OH-]. The summed E-state index contributed by atoms with van der Waals surface area (Å²) in [6.45, 7) is 20.2. The van der Waals surface area contributed by atoms with E-state index < -0.39 is 0 Å². The molecule has 4 rings (SSSR count). The van der Waals surface area contributed by atoms with Crippen LogP contribution in [-0.4, -0.2) is 23.3 Å². The predicted octanol–water partition coefficient (Wildman–Crippen LogP) is 2.66. The standard InChI is InChI=1S/C11H9NS.C10H7NS.2CO2.Li.2H2O/c1-7-4-5-9-6-8(2)13-11(9)10(7)12-3;1-7-3-4-8-5-6-12-10(8)9(7)11-2;2*2-1-3;;;/h4-6H,1-2H3;3-6H,1H3;;;;2*1H2/q;;;;+1;;/p-1. The van der Waals surface area contributed by atoms with Gasteiger partial charge in [-0.1, -0.05) is 24.3 Å². The van der Waals surface area contributed by atoms with Gasteiger partial charge in [0.25, 0.3) is 0 Å². The average Bonchev–Trinajstić information content (AvgIpc) is 3.35. The van der Waals surface area contributed by atoms with Gasteiger partial charge in [-0.05, 0) is 60.2 Å². The number of benzene rings is 2. The quantitative estimate of drug-likeness (QED) is 0.275. The van der Waals surface area contributed by atoms with Gasteiger partial charge < -0.3 is 11.0 Å². The summed E-state index contributed by atoms with van der Waals surface area (Å²) in [6.07, 6.45) is 0.500. The topological polar surface area (TPSA) is 138 Å². The third-order valence-electron chi connectivity index (χ3n) is 4.01. The summed E-state index contributed by atoms with van der Waals surface area (Å²) in [5.74, 6) is 0. The van der Waals surface area contributed by atoms with Gasteiger partial charge in [0, 0.05) is 14.3 Å². The zero-order valence-electron chi connectivity index (χ0n) is 18.8. The van der Waals surface area contributed by atoms with Gasteiger partial charge >= 0.3 is 31.2 Å². The van der Waals surface area contributed by atoms with Gasteiger partial charge in [0.2, 0.25) is 11.4 Å². The molecule has 0 aliphatic heterocycles. The summed E-state index contributed by atoms with van der Waals surface area (Å²) in [5, 5.41) is 4.40. The minimum absolute atomic E-state index is 0. The third-order valence-corrected chi connectivity index (χ3v) is 6.02. The van der Waals surface area contributed by atoms with Gasteiger partial charge in [-0.15, -0.1) is 0 Å². The van der Waals surface area contributed by atoms with Crippen molar-refractivity contribution in [2.75, 3.05) is 0 Å². The van der Waals surface area contributed by atoms with E-state index in [-0.39, 0.29) is 42.1 Å². The molecule has 0 fully saturated rings. The monoisotopic (exact) mass is 490 g/mol. The maximum absolute atomic E-state index is 8.12. The van der Waals surface area contributed by atoms with Crippen LogP contribution in [0, 0.1) is 33.9 Å². The molecule has 0 saturated carbocycles. The number of fused-ring (bicyclic) bond motifs is 2. The van der Waals surface area contributed by atoms with Gasteiger partial charge in [-0.2, -0.15) is 41.9 Å². The van der Waals surface area contributed by atoms with Crippen LogP contribution in [0.15, 0.2) is 41.8 Å². The minimum Gasteiger partial charge on any atom is -0.870 e. The van der Waals surface area contributed by atoms with Gasteiger partial charge in [-0.3, -0.25) is 0 Å². The first-order chi connectivity index (χ1) is 14.9. The van der Waals surface area contributed by atoms with E-state index in [4.69, 9.17) is 32.3 Å². The van der Waals surface area contributed by atoms with Crippen molar-refractivity contribution in [1.29, 1.82) is 0 Å². The fourth-order valence-electron chi connectivity index (χ4n) is 2.71. The molecule has 0 spiro atoms. The van der Waals surface area contributed by atoms with Crippen LogP contribution in [0.2, 0.25) is 0 Å². The van der Waals surface area contributed by atoms with Crippen molar-refractivity contribution in [2.45, 2.75) is 20.8 Å². The molecule has 8 nitrogen and oxygen atoms in total. The second-order valence-corrected chi connectivity index (χ2v) is 8.14. The van der Waals surface area contributed by atoms with E-state index in [1.54, 1.807) is 22.7 Å². The second kappa shape index (κ2) is 18.1. The Kier molecular flexibility index (Phi) is 18.7. The van der Waals surface area contributed by atoms with E-state index in [1.165, 1.54) is 15.6 Å². The molecule has 11 heteroatoms. The smallest absolute Gasteiger partial charge is 0.870 e. The number of aryl methyl sites for hydroxylation is 3. The molecule has 0 atom stereocenters. The molecular formula is C23H19LiN2O6S2. The van der Waals surface area contributed by atoms with Gasteiger partial charge in [0.1, 0.15) is 0 Å². The molecular weight excluding hydrogens is 471 g/mol. The van der Waals surface area contributed by atoms with Crippen molar-refractivity contribution in [3.63, 3.8) is 0 Å². The van der Waals surface area contributed by atoms with E-state index in [9.17, 15) is 0 Å². The van der Waals surface area contributed by atoms with Crippen LogP contribution >= 0.6 is 22.7 Å². The van der Waals surface area contributed by atoms with Gasteiger partial charge in [-0.25, -0.2) is 9.69 Å². The Morgan fingerprint density at radius 1 is 0.765 bits per heavy atom. The van der Waals surface area contributed by atoms with Crippen LogP contribution in [0.3, 0.4) is 0 Å². The second-order valence-electron chi connectivity index (χ2n) is 5.97. The third kappa shape index (κ3) is 9.23. The van der Waals surface area contributed by atoms with Gasteiger partial charge in [0.05, 0.1) is 13.1 Å². The van der Waals surface area contributed by atoms with Crippen molar-refractivity contribution in [3.8, 4) is 0 Å². The van der Waals surface area contributed by atoms with Crippen LogP contribution in [0.4, 0.5) is 11.4 Å². The maximum Gasteiger partial charge on any atom is 1.00 e. The fraction of sp³-hybridized carbons (Fsp3) is 0.130. The number of hydrogen-bond acceptors (Lipinski definition) is 7. The molecule has 34 heavy (non-hydrogen) atoms. The Bertz CT molecular complexity index is 1340.